The molecule has 2 fully saturated rings. The monoisotopic (exact) mass is 291 g/mol. The van der Waals surface area contributed by atoms with Crippen molar-refractivity contribution in [3.63, 3.8) is 0 Å². The number of hydrogen-bond donors (Lipinski definition) is 2. The van der Waals surface area contributed by atoms with Crippen LogP contribution in [0, 0.1) is 11.8 Å². The standard InChI is InChI=1S/C17H25NO3/c1-20-12-6-7-17(21-2)14(8-12)16(19)9-15-13-5-3-4-11(13)10-18-15/h6-8,11,13,15-16,18-19H,3-5,9-10H2,1-2H3. The molecule has 2 N–H and O–H groups in total. The Balaban J connectivity index is 1.74. The Morgan fingerprint density at radius 1 is 1.29 bits per heavy atom. The van der Waals surface area contributed by atoms with Crippen LogP contribution in [0.1, 0.15) is 37.4 Å². The second-order valence-corrected chi connectivity index (χ2v) is 6.23. The van der Waals surface area contributed by atoms with Gasteiger partial charge in [0.05, 0.1) is 20.3 Å². The van der Waals surface area contributed by atoms with Crippen LogP contribution in [0.3, 0.4) is 0 Å². The van der Waals surface area contributed by atoms with Crippen LogP contribution in [0.4, 0.5) is 0 Å². The van der Waals surface area contributed by atoms with E-state index in [-0.39, 0.29) is 0 Å². The van der Waals surface area contributed by atoms with Crippen LogP contribution < -0.4 is 14.8 Å². The molecule has 116 valence electrons. The molecule has 0 amide bonds. The molecule has 0 spiro atoms. The predicted molar refractivity (Wildman–Crippen MR) is 81.7 cm³/mol. The fraction of sp³-hybridized carbons (Fsp3) is 0.647. The van der Waals surface area contributed by atoms with E-state index in [0.29, 0.717) is 6.04 Å². The molecule has 2 aliphatic rings. The highest BCUT2D eigenvalue weighted by atomic mass is 16.5. The van der Waals surface area contributed by atoms with Crippen LogP contribution >= 0.6 is 0 Å². The second-order valence-electron chi connectivity index (χ2n) is 6.23. The molecule has 1 aliphatic heterocycles. The number of fused-ring (bicyclic) bond motifs is 1. The minimum Gasteiger partial charge on any atom is -0.497 e. The van der Waals surface area contributed by atoms with E-state index in [1.807, 2.05) is 18.2 Å². The average molecular weight is 291 g/mol. The van der Waals surface area contributed by atoms with Crippen molar-refractivity contribution in [2.24, 2.45) is 11.8 Å². The van der Waals surface area contributed by atoms with E-state index in [2.05, 4.69) is 5.32 Å². The first-order valence-corrected chi connectivity index (χ1v) is 7.86. The Hall–Kier alpha value is -1.26. The first-order valence-electron chi connectivity index (χ1n) is 7.86. The van der Waals surface area contributed by atoms with E-state index >= 15 is 0 Å². The van der Waals surface area contributed by atoms with E-state index in [1.165, 1.54) is 19.3 Å². The fourth-order valence-corrected chi connectivity index (χ4v) is 4.03. The van der Waals surface area contributed by atoms with Crippen molar-refractivity contribution in [3.05, 3.63) is 23.8 Å². The minimum absolute atomic E-state index is 0.420. The summed E-state index contributed by atoms with van der Waals surface area (Å²) in [5, 5.41) is 14.3. The summed E-state index contributed by atoms with van der Waals surface area (Å²) in [5.74, 6) is 3.03. The Kier molecular flexibility index (Phi) is 4.36. The molecule has 21 heavy (non-hydrogen) atoms. The SMILES string of the molecule is COc1ccc(OC)c(C(O)CC2NCC3CCCC32)c1. The summed E-state index contributed by atoms with van der Waals surface area (Å²) in [6.07, 6.45) is 4.19. The minimum atomic E-state index is -0.521. The van der Waals surface area contributed by atoms with Gasteiger partial charge in [-0.05, 0) is 55.8 Å². The van der Waals surface area contributed by atoms with Gasteiger partial charge >= 0.3 is 0 Å². The third kappa shape index (κ3) is 2.87. The Morgan fingerprint density at radius 3 is 2.90 bits per heavy atom. The predicted octanol–water partition coefficient (Wildman–Crippen LogP) is 2.52. The summed E-state index contributed by atoms with van der Waals surface area (Å²) < 4.78 is 10.6. The first-order chi connectivity index (χ1) is 10.2. The zero-order valence-electron chi connectivity index (χ0n) is 12.8. The van der Waals surface area contributed by atoms with Gasteiger partial charge in [-0.15, -0.1) is 0 Å². The van der Waals surface area contributed by atoms with Crippen LogP contribution in [0.2, 0.25) is 0 Å². The molecule has 1 aromatic carbocycles. The van der Waals surface area contributed by atoms with E-state index in [4.69, 9.17) is 9.47 Å². The summed E-state index contributed by atoms with van der Waals surface area (Å²) in [6, 6.07) is 6.02. The molecule has 0 aromatic heterocycles. The summed E-state index contributed by atoms with van der Waals surface area (Å²) in [4.78, 5) is 0. The summed E-state index contributed by atoms with van der Waals surface area (Å²) in [7, 11) is 3.28. The molecule has 3 rings (SSSR count). The van der Waals surface area contributed by atoms with Crippen molar-refractivity contribution in [1.82, 2.24) is 5.32 Å². The fourth-order valence-electron chi connectivity index (χ4n) is 4.03. The van der Waals surface area contributed by atoms with Gasteiger partial charge in [-0.2, -0.15) is 0 Å². The van der Waals surface area contributed by atoms with Crippen LogP contribution in [-0.4, -0.2) is 31.9 Å². The summed E-state index contributed by atoms with van der Waals surface area (Å²) in [5.41, 5.74) is 0.820. The largest absolute Gasteiger partial charge is 0.497 e. The van der Waals surface area contributed by atoms with Crippen molar-refractivity contribution in [3.8, 4) is 11.5 Å². The number of methoxy groups -OCH3 is 2. The lowest BCUT2D eigenvalue weighted by molar-refractivity contribution is 0.141. The molecule has 1 saturated carbocycles. The van der Waals surface area contributed by atoms with Crippen molar-refractivity contribution < 1.29 is 14.6 Å². The van der Waals surface area contributed by atoms with E-state index in [9.17, 15) is 5.11 Å². The molecular weight excluding hydrogens is 266 g/mol. The van der Waals surface area contributed by atoms with Crippen molar-refractivity contribution in [2.45, 2.75) is 37.8 Å². The highest BCUT2D eigenvalue weighted by Crippen LogP contribution is 2.41. The van der Waals surface area contributed by atoms with Gasteiger partial charge in [0.25, 0.3) is 0 Å². The maximum Gasteiger partial charge on any atom is 0.124 e. The molecule has 1 aromatic rings. The molecule has 1 aliphatic carbocycles. The van der Waals surface area contributed by atoms with Crippen molar-refractivity contribution >= 4 is 0 Å². The average Bonchev–Trinajstić information content (AvgIpc) is 3.11. The second kappa shape index (κ2) is 6.24. The highest BCUT2D eigenvalue weighted by Gasteiger charge is 2.39. The van der Waals surface area contributed by atoms with Gasteiger partial charge in [-0.1, -0.05) is 6.42 Å². The molecule has 4 unspecified atom stereocenters. The number of aliphatic hydroxyl groups excluding tert-OH is 1. The molecule has 0 radical (unpaired) electrons. The topological polar surface area (TPSA) is 50.7 Å². The Labute approximate surface area is 126 Å². The molecule has 4 heteroatoms. The molecular formula is C17H25NO3. The Morgan fingerprint density at radius 2 is 2.14 bits per heavy atom. The van der Waals surface area contributed by atoms with Crippen molar-refractivity contribution in [1.29, 1.82) is 0 Å². The van der Waals surface area contributed by atoms with Gasteiger partial charge in [-0.3, -0.25) is 0 Å². The summed E-state index contributed by atoms with van der Waals surface area (Å²) in [6.45, 7) is 1.11. The quantitative estimate of drug-likeness (QED) is 0.875. The summed E-state index contributed by atoms with van der Waals surface area (Å²) >= 11 is 0. The molecule has 1 heterocycles. The molecule has 4 nitrogen and oxygen atoms in total. The number of ether oxygens (including phenoxy) is 2. The smallest absolute Gasteiger partial charge is 0.124 e. The van der Waals surface area contributed by atoms with Crippen LogP contribution in [0.5, 0.6) is 11.5 Å². The van der Waals surface area contributed by atoms with Crippen LogP contribution in [0.15, 0.2) is 18.2 Å². The first kappa shape index (κ1) is 14.7. The van der Waals surface area contributed by atoms with Crippen LogP contribution in [0.25, 0.3) is 0 Å². The number of aliphatic hydroxyl groups is 1. The van der Waals surface area contributed by atoms with Gasteiger partial charge in [0, 0.05) is 11.6 Å². The number of benzene rings is 1. The van der Waals surface area contributed by atoms with E-state index < -0.39 is 6.10 Å². The third-order valence-electron chi connectivity index (χ3n) is 5.15. The normalized spacial score (nSPS) is 29.2. The van der Waals surface area contributed by atoms with Gasteiger partial charge in [0.15, 0.2) is 0 Å². The van der Waals surface area contributed by atoms with Gasteiger partial charge in [0.1, 0.15) is 11.5 Å². The van der Waals surface area contributed by atoms with Crippen LogP contribution in [-0.2, 0) is 0 Å². The van der Waals surface area contributed by atoms with Gasteiger partial charge in [0.2, 0.25) is 0 Å². The lowest BCUT2D eigenvalue weighted by Crippen LogP contribution is -2.29. The number of hydrogen-bond acceptors (Lipinski definition) is 4. The van der Waals surface area contributed by atoms with E-state index in [1.54, 1.807) is 14.2 Å². The third-order valence-corrected chi connectivity index (χ3v) is 5.15. The number of nitrogens with one attached hydrogen (secondary N) is 1. The van der Waals surface area contributed by atoms with Gasteiger partial charge in [-0.25, -0.2) is 0 Å². The van der Waals surface area contributed by atoms with Crippen molar-refractivity contribution in [2.75, 3.05) is 20.8 Å². The zero-order valence-corrected chi connectivity index (χ0v) is 12.8. The van der Waals surface area contributed by atoms with Gasteiger partial charge < -0.3 is 19.9 Å². The molecule has 0 bridgehead atoms. The zero-order chi connectivity index (χ0) is 14.8. The molecule has 4 atom stereocenters. The van der Waals surface area contributed by atoms with E-state index in [0.717, 1.165) is 41.9 Å². The highest BCUT2D eigenvalue weighted by molar-refractivity contribution is 5.41. The lowest BCUT2D eigenvalue weighted by atomic mass is 9.89. The maximum absolute atomic E-state index is 10.7. The molecule has 1 saturated heterocycles. The maximum atomic E-state index is 10.7. The lowest BCUT2D eigenvalue weighted by Gasteiger charge is -2.23. The number of rotatable bonds is 5. The Bertz CT molecular complexity index is 491.